The summed E-state index contributed by atoms with van der Waals surface area (Å²) in [4.78, 5) is 33.1. The molecule has 2 aliphatic rings. The van der Waals surface area contributed by atoms with Gasteiger partial charge in [0.2, 0.25) is 0 Å². The van der Waals surface area contributed by atoms with Crippen LogP contribution < -0.4 is 14.2 Å². The summed E-state index contributed by atoms with van der Waals surface area (Å²) in [5.74, 6) is 1.47. The van der Waals surface area contributed by atoms with Crippen molar-refractivity contribution in [3.05, 3.63) is 99.5 Å². The minimum absolute atomic E-state index is 0.299. The summed E-state index contributed by atoms with van der Waals surface area (Å²) in [6, 6.07) is 15.4. The molecule has 222 valence electrons. The zero-order valence-corrected chi connectivity index (χ0v) is 25.4. The molecule has 1 N–H and O–H groups in total. The van der Waals surface area contributed by atoms with E-state index in [1.54, 1.807) is 48.5 Å². The van der Waals surface area contributed by atoms with Gasteiger partial charge in [0, 0.05) is 23.0 Å². The molecule has 2 atom stereocenters. The van der Waals surface area contributed by atoms with Crippen LogP contribution in [0, 0.1) is 0 Å². The van der Waals surface area contributed by atoms with Crippen molar-refractivity contribution in [2.45, 2.75) is 25.7 Å². The summed E-state index contributed by atoms with van der Waals surface area (Å²) in [7, 11) is 2.73. The van der Waals surface area contributed by atoms with Crippen molar-refractivity contribution in [1.29, 1.82) is 0 Å². The molecular formula is C32H33BrO9. The number of aromatic carboxylic acids is 1. The highest BCUT2D eigenvalue weighted by atomic mass is 79.9. The lowest BCUT2D eigenvalue weighted by molar-refractivity contribution is 0.0591. The standard InChI is InChI=1S/C11H11BrO3.C11H12O3.C10H10O3/c1-3-6-15-10-5-4-8(7-9(10)12)11(13)14-2;1-7-6-14-10-4-3-8(5-9(7)10)11(12)13-2;1-6-5-13-9-3-2-7(10(11)12)4-8(6)9/h3-5,7H,1,6H2,2H3;3-5,7H,6H2,1-2H3;2-4,6H,5H2,1H3,(H,11,12). The molecule has 2 heterocycles. The Morgan fingerprint density at radius 3 is 1.81 bits per heavy atom. The molecule has 0 aromatic heterocycles. The van der Waals surface area contributed by atoms with E-state index in [-0.39, 0.29) is 11.9 Å². The molecule has 0 radical (unpaired) electrons. The van der Waals surface area contributed by atoms with Crippen LogP contribution >= 0.6 is 15.9 Å². The second kappa shape index (κ2) is 15.1. The lowest BCUT2D eigenvalue weighted by Crippen LogP contribution is -2.01. The van der Waals surface area contributed by atoms with Crippen LogP contribution in [-0.4, -0.2) is 57.1 Å². The van der Waals surface area contributed by atoms with E-state index in [0.717, 1.165) is 22.6 Å². The third-order valence-electron chi connectivity index (χ3n) is 6.44. The molecule has 3 aromatic rings. The Labute approximate surface area is 253 Å². The number of ether oxygens (including phenoxy) is 5. The maximum absolute atomic E-state index is 11.3. The minimum Gasteiger partial charge on any atom is -0.493 e. The molecule has 0 spiro atoms. The third kappa shape index (κ3) is 8.13. The van der Waals surface area contributed by atoms with E-state index in [1.165, 1.54) is 14.2 Å². The zero-order chi connectivity index (χ0) is 30.8. The highest BCUT2D eigenvalue weighted by molar-refractivity contribution is 9.10. The quantitative estimate of drug-likeness (QED) is 0.233. The van der Waals surface area contributed by atoms with Crippen LogP contribution in [0.2, 0.25) is 0 Å². The predicted octanol–water partition coefficient (Wildman–Crippen LogP) is 6.65. The number of rotatable bonds is 6. The summed E-state index contributed by atoms with van der Waals surface area (Å²) >= 11 is 3.31. The Kier molecular flexibility index (Phi) is 11.6. The number of halogens is 1. The van der Waals surface area contributed by atoms with E-state index < -0.39 is 5.97 Å². The molecule has 0 fully saturated rings. The Balaban J connectivity index is 0.000000173. The van der Waals surface area contributed by atoms with Crippen LogP contribution in [0.15, 0.2) is 71.7 Å². The maximum atomic E-state index is 11.3. The number of carboxylic acids is 1. The second-order valence-corrected chi connectivity index (χ2v) is 10.3. The van der Waals surface area contributed by atoms with E-state index in [9.17, 15) is 14.4 Å². The van der Waals surface area contributed by atoms with E-state index in [2.05, 4.69) is 38.9 Å². The average Bonchev–Trinajstić information content (AvgIpc) is 3.57. The molecule has 0 aliphatic carbocycles. The maximum Gasteiger partial charge on any atom is 0.337 e. The number of fused-ring (bicyclic) bond motifs is 2. The third-order valence-corrected chi connectivity index (χ3v) is 7.06. The van der Waals surface area contributed by atoms with Gasteiger partial charge in [-0.2, -0.15) is 0 Å². The molecule has 2 unspecified atom stereocenters. The first-order chi connectivity index (χ1) is 20.1. The van der Waals surface area contributed by atoms with Gasteiger partial charge in [0.1, 0.15) is 23.9 Å². The normalized spacial score (nSPS) is 15.5. The van der Waals surface area contributed by atoms with Crippen molar-refractivity contribution in [1.82, 2.24) is 0 Å². The van der Waals surface area contributed by atoms with Gasteiger partial charge in [-0.15, -0.1) is 0 Å². The number of benzene rings is 3. The number of hydrogen-bond donors (Lipinski definition) is 1. The highest BCUT2D eigenvalue weighted by Crippen LogP contribution is 2.35. The van der Waals surface area contributed by atoms with Crippen LogP contribution in [0.5, 0.6) is 17.2 Å². The lowest BCUT2D eigenvalue weighted by Gasteiger charge is -2.06. The Morgan fingerprint density at radius 1 is 0.857 bits per heavy atom. The van der Waals surface area contributed by atoms with E-state index in [1.807, 2.05) is 19.1 Å². The number of esters is 2. The molecule has 3 aromatic carbocycles. The summed E-state index contributed by atoms with van der Waals surface area (Å²) < 4.78 is 26.1. The number of methoxy groups -OCH3 is 2. The van der Waals surface area contributed by atoms with Gasteiger partial charge in [-0.05, 0) is 70.5 Å². The van der Waals surface area contributed by atoms with Crippen molar-refractivity contribution in [3.8, 4) is 17.2 Å². The summed E-state index contributed by atoms with van der Waals surface area (Å²) in [6.07, 6.45) is 1.65. The van der Waals surface area contributed by atoms with Crippen LogP contribution in [-0.2, 0) is 9.47 Å². The Bertz CT molecular complexity index is 1450. The molecule has 42 heavy (non-hydrogen) atoms. The van der Waals surface area contributed by atoms with Gasteiger partial charge < -0.3 is 28.8 Å². The summed E-state index contributed by atoms with van der Waals surface area (Å²) in [6.45, 7) is 9.42. The van der Waals surface area contributed by atoms with Gasteiger partial charge in [-0.1, -0.05) is 26.5 Å². The first-order valence-electron chi connectivity index (χ1n) is 13.1. The molecule has 10 heteroatoms. The largest absolute Gasteiger partial charge is 0.493 e. The van der Waals surface area contributed by atoms with Crippen molar-refractivity contribution < 1.29 is 43.2 Å². The van der Waals surface area contributed by atoms with Gasteiger partial charge in [0.25, 0.3) is 0 Å². The Hall–Kier alpha value is -4.31. The highest BCUT2D eigenvalue weighted by Gasteiger charge is 2.22. The fourth-order valence-electron chi connectivity index (χ4n) is 4.13. The topological polar surface area (TPSA) is 118 Å². The van der Waals surface area contributed by atoms with E-state index >= 15 is 0 Å². The molecule has 5 rings (SSSR count). The minimum atomic E-state index is -0.887. The molecule has 9 nitrogen and oxygen atoms in total. The first-order valence-corrected chi connectivity index (χ1v) is 13.9. The fraction of sp³-hybridized carbons (Fsp3) is 0.281. The zero-order valence-electron chi connectivity index (χ0n) is 23.8. The molecule has 2 aliphatic heterocycles. The lowest BCUT2D eigenvalue weighted by atomic mass is 10.0. The first kappa shape index (κ1) is 32.2. The summed E-state index contributed by atoms with van der Waals surface area (Å²) in [5, 5.41) is 8.76. The van der Waals surface area contributed by atoms with Gasteiger partial charge in [0.05, 0.1) is 48.6 Å². The molecule has 0 saturated carbocycles. The molecule has 0 saturated heterocycles. The predicted molar refractivity (Wildman–Crippen MR) is 160 cm³/mol. The van der Waals surface area contributed by atoms with E-state index in [4.69, 9.17) is 19.3 Å². The molecular weight excluding hydrogens is 608 g/mol. The van der Waals surface area contributed by atoms with Crippen LogP contribution in [0.4, 0.5) is 0 Å². The average molecular weight is 642 g/mol. The van der Waals surface area contributed by atoms with Gasteiger partial charge in [0.15, 0.2) is 0 Å². The van der Waals surface area contributed by atoms with Gasteiger partial charge >= 0.3 is 17.9 Å². The number of carbonyl (C=O) groups is 3. The second-order valence-electron chi connectivity index (χ2n) is 9.46. The van der Waals surface area contributed by atoms with Gasteiger partial charge in [-0.25, -0.2) is 14.4 Å². The molecule has 0 amide bonds. The summed E-state index contributed by atoms with van der Waals surface area (Å²) in [5.41, 5.74) is 3.49. The van der Waals surface area contributed by atoms with Gasteiger partial charge in [-0.3, -0.25) is 0 Å². The number of carboxylic acid groups (broad SMARTS) is 1. The van der Waals surface area contributed by atoms with Crippen LogP contribution in [0.3, 0.4) is 0 Å². The SMILES string of the molecule is C=CCOc1ccc(C(=O)OC)cc1Br.CC1COc2ccc(C(=O)O)cc21.COC(=O)c1ccc2c(c1)C(C)CO2. The van der Waals surface area contributed by atoms with E-state index in [0.29, 0.717) is 58.6 Å². The van der Waals surface area contributed by atoms with Crippen molar-refractivity contribution in [2.75, 3.05) is 34.0 Å². The van der Waals surface area contributed by atoms with Crippen molar-refractivity contribution in [2.24, 2.45) is 0 Å². The van der Waals surface area contributed by atoms with Crippen LogP contribution in [0.1, 0.15) is 67.9 Å². The monoisotopic (exact) mass is 640 g/mol. The molecule has 0 bridgehead atoms. The number of carbonyl (C=O) groups excluding carboxylic acids is 2. The van der Waals surface area contributed by atoms with Crippen LogP contribution in [0.25, 0.3) is 0 Å². The smallest absolute Gasteiger partial charge is 0.337 e. The van der Waals surface area contributed by atoms with Crippen molar-refractivity contribution >= 4 is 33.8 Å². The fourth-order valence-corrected chi connectivity index (χ4v) is 4.62. The van der Waals surface area contributed by atoms with Crippen molar-refractivity contribution in [3.63, 3.8) is 0 Å². The number of hydrogen-bond acceptors (Lipinski definition) is 8. The Morgan fingerprint density at radius 2 is 1.33 bits per heavy atom.